The van der Waals surface area contributed by atoms with Gasteiger partial charge in [0.1, 0.15) is 22.6 Å². The van der Waals surface area contributed by atoms with Crippen LogP contribution in [-0.2, 0) is 4.79 Å². The monoisotopic (exact) mass is 415 g/mol. The maximum atomic E-state index is 13.6. The van der Waals surface area contributed by atoms with Crippen molar-refractivity contribution in [3.8, 4) is 16.3 Å². The zero-order valence-corrected chi connectivity index (χ0v) is 16.4. The number of methoxy groups -OCH3 is 1. The third-order valence-electron chi connectivity index (χ3n) is 3.86. The Morgan fingerprint density at radius 2 is 1.79 bits per heavy atom. The third-order valence-corrected chi connectivity index (χ3v) is 4.74. The number of hydrogen-bond donors (Lipinski definition) is 3. The van der Waals surface area contributed by atoms with E-state index in [2.05, 4.69) is 26.1 Å². The van der Waals surface area contributed by atoms with Crippen LogP contribution < -0.4 is 20.7 Å². The van der Waals surface area contributed by atoms with Gasteiger partial charge in [0.15, 0.2) is 0 Å². The van der Waals surface area contributed by atoms with Gasteiger partial charge in [0, 0.05) is 5.56 Å². The molecule has 0 saturated carbocycles. The molecule has 3 N–H and O–H groups in total. The Morgan fingerprint density at radius 3 is 2.48 bits per heavy atom. The van der Waals surface area contributed by atoms with Crippen LogP contribution in [0.25, 0.3) is 10.6 Å². The molecule has 3 amide bonds. The maximum absolute atomic E-state index is 13.6. The first-order valence-electron chi connectivity index (χ1n) is 8.57. The fourth-order valence-electron chi connectivity index (χ4n) is 2.32. The van der Waals surface area contributed by atoms with Gasteiger partial charge < -0.3 is 15.4 Å². The molecule has 1 aromatic heterocycles. The molecule has 2 aromatic carbocycles. The van der Waals surface area contributed by atoms with Gasteiger partial charge in [0.2, 0.25) is 11.0 Å². The molecule has 1 unspecified atom stereocenters. The molecule has 0 fully saturated rings. The second-order valence-electron chi connectivity index (χ2n) is 5.93. The average molecular weight is 415 g/mol. The summed E-state index contributed by atoms with van der Waals surface area (Å²) in [7, 11) is 1.58. The molecular formula is C19H18FN5O3S. The lowest BCUT2D eigenvalue weighted by molar-refractivity contribution is -0.117. The highest BCUT2D eigenvalue weighted by atomic mass is 32.1. The van der Waals surface area contributed by atoms with Crippen molar-refractivity contribution >= 4 is 34.1 Å². The van der Waals surface area contributed by atoms with E-state index in [9.17, 15) is 14.0 Å². The van der Waals surface area contributed by atoms with E-state index in [1.54, 1.807) is 25.3 Å². The van der Waals surface area contributed by atoms with Gasteiger partial charge in [-0.05, 0) is 43.3 Å². The number of aromatic nitrogens is 2. The van der Waals surface area contributed by atoms with Crippen molar-refractivity contribution < 1.29 is 18.7 Å². The third kappa shape index (κ3) is 5.26. The number of nitrogens with one attached hydrogen (secondary N) is 3. The maximum Gasteiger partial charge on any atom is 0.319 e. The number of carbonyl (C=O) groups is 2. The highest BCUT2D eigenvalue weighted by Gasteiger charge is 2.18. The van der Waals surface area contributed by atoms with Crippen molar-refractivity contribution in [3.63, 3.8) is 0 Å². The van der Waals surface area contributed by atoms with Gasteiger partial charge in [0.05, 0.1) is 12.8 Å². The largest absolute Gasteiger partial charge is 0.497 e. The van der Waals surface area contributed by atoms with Crippen molar-refractivity contribution in [2.45, 2.75) is 13.0 Å². The molecule has 0 aliphatic carbocycles. The molecule has 3 aromatic rings. The molecular weight excluding hydrogens is 397 g/mol. The molecule has 1 heterocycles. The number of halogens is 1. The lowest BCUT2D eigenvalue weighted by Gasteiger charge is -2.13. The van der Waals surface area contributed by atoms with E-state index in [-0.39, 0.29) is 5.69 Å². The van der Waals surface area contributed by atoms with E-state index in [0.29, 0.717) is 10.1 Å². The Bertz CT molecular complexity index is 1010. The summed E-state index contributed by atoms with van der Waals surface area (Å²) in [6.07, 6.45) is 0. The summed E-state index contributed by atoms with van der Waals surface area (Å²) in [4.78, 5) is 24.3. The van der Waals surface area contributed by atoms with E-state index in [1.165, 1.54) is 36.5 Å². The highest BCUT2D eigenvalue weighted by molar-refractivity contribution is 7.18. The Balaban J connectivity index is 1.56. The van der Waals surface area contributed by atoms with Gasteiger partial charge in [0.25, 0.3) is 0 Å². The van der Waals surface area contributed by atoms with Crippen molar-refractivity contribution in [2.75, 3.05) is 17.7 Å². The van der Waals surface area contributed by atoms with E-state index in [0.717, 1.165) is 11.3 Å². The molecule has 8 nitrogen and oxygen atoms in total. The number of rotatable bonds is 6. The number of ether oxygens (including phenoxy) is 1. The summed E-state index contributed by atoms with van der Waals surface area (Å²) in [6.45, 7) is 1.50. The van der Waals surface area contributed by atoms with Gasteiger partial charge >= 0.3 is 6.03 Å². The minimum atomic E-state index is -0.880. The topological polar surface area (TPSA) is 105 Å². The molecule has 1 atom stereocenters. The van der Waals surface area contributed by atoms with Gasteiger partial charge in [-0.25, -0.2) is 9.18 Å². The molecule has 0 spiro atoms. The molecule has 0 radical (unpaired) electrons. The average Bonchev–Trinajstić information content (AvgIpc) is 3.18. The molecule has 0 aliphatic heterocycles. The summed E-state index contributed by atoms with van der Waals surface area (Å²) in [5.74, 6) is -0.328. The number of amides is 3. The van der Waals surface area contributed by atoms with Crippen LogP contribution in [0, 0.1) is 5.82 Å². The zero-order chi connectivity index (χ0) is 20.8. The fourth-order valence-corrected chi connectivity index (χ4v) is 3.07. The van der Waals surface area contributed by atoms with Crippen molar-refractivity contribution in [3.05, 3.63) is 54.3 Å². The summed E-state index contributed by atoms with van der Waals surface area (Å²) < 4.78 is 18.7. The van der Waals surface area contributed by atoms with Crippen LogP contribution in [0.5, 0.6) is 5.75 Å². The lowest BCUT2D eigenvalue weighted by Crippen LogP contribution is -2.43. The molecule has 150 valence electrons. The number of nitrogens with zero attached hydrogens (tertiary/aromatic N) is 2. The number of para-hydroxylation sites is 1. The van der Waals surface area contributed by atoms with Crippen LogP contribution >= 0.6 is 11.3 Å². The Morgan fingerprint density at radius 1 is 1.07 bits per heavy atom. The predicted molar refractivity (Wildman–Crippen MR) is 109 cm³/mol. The van der Waals surface area contributed by atoms with Crippen molar-refractivity contribution in [1.82, 2.24) is 15.5 Å². The second kappa shape index (κ2) is 9.11. The molecule has 29 heavy (non-hydrogen) atoms. The smallest absolute Gasteiger partial charge is 0.319 e. The Kier molecular flexibility index (Phi) is 6.35. The summed E-state index contributed by atoms with van der Waals surface area (Å²) in [5.41, 5.74) is 0.852. The minimum Gasteiger partial charge on any atom is -0.497 e. The van der Waals surface area contributed by atoms with Crippen LogP contribution in [0.3, 0.4) is 0 Å². The van der Waals surface area contributed by atoms with Crippen LogP contribution in [-0.4, -0.2) is 35.3 Å². The standard InChI is InChI=1S/C19H18FN5O3S/c1-11(21-18(27)22-15-6-4-3-5-14(15)20)16(26)23-19-25-24-17(29-19)12-7-9-13(28-2)10-8-12/h3-11H,1-2H3,(H2,21,22,27)(H,23,25,26). The molecule has 0 bridgehead atoms. The highest BCUT2D eigenvalue weighted by Crippen LogP contribution is 2.27. The van der Waals surface area contributed by atoms with Crippen LogP contribution in [0.4, 0.5) is 20.0 Å². The predicted octanol–water partition coefficient (Wildman–Crippen LogP) is 3.50. The van der Waals surface area contributed by atoms with E-state index in [4.69, 9.17) is 4.74 Å². The summed E-state index contributed by atoms with van der Waals surface area (Å²) >= 11 is 1.20. The molecule has 3 rings (SSSR count). The number of urea groups is 1. The number of benzene rings is 2. The quantitative estimate of drug-likeness (QED) is 0.571. The minimum absolute atomic E-state index is 0.0193. The number of hydrogen-bond acceptors (Lipinski definition) is 6. The number of carbonyl (C=O) groups excluding carboxylic acids is 2. The summed E-state index contributed by atoms with van der Waals surface area (Å²) in [6, 6.07) is 11.4. The second-order valence-corrected chi connectivity index (χ2v) is 6.91. The van der Waals surface area contributed by atoms with E-state index < -0.39 is 23.8 Å². The Labute approximate surface area is 170 Å². The van der Waals surface area contributed by atoms with Crippen molar-refractivity contribution in [1.29, 1.82) is 0 Å². The first-order valence-corrected chi connectivity index (χ1v) is 9.38. The molecule has 0 aliphatic rings. The lowest BCUT2D eigenvalue weighted by atomic mass is 10.2. The molecule has 0 saturated heterocycles. The van der Waals surface area contributed by atoms with Gasteiger partial charge in [-0.2, -0.15) is 0 Å². The first-order chi connectivity index (χ1) is 14.0. The van der Waals surface area contributed by atoms with Crippen LogP contribution in [0.2, 0.25) is 0 Å². The van der Waals surface area contributed by atoms with Crippen LogP contribution in [0.1, 0.15) is 6.92 Å². The SMILES string of the molecule is COc1ccc(-c2nnc(NC(=O)C(C)NC(=O)Nc3ccccc3F)s2)cc1. The van der Waals surface area contributed by atoms with E-state index in [1.807, 2.05) is 12.1 Å². The van der Waals surface area contributed by atoms with Gasteiger partial charge in [-0.15, -0.1) is 10.2 Å². The first kappa shape index (κ1) is 20.2. The summed E-state index contributed by atoms with van der Waals surface area (Å²) in [5, 5.41) is 16.3. The fraction of sp³-hybridized carbons (Fsp3) is 0.158. The van der Waals surface area contributed by atoms with Gasteiger partial charge in [-0.3, -0.25) is 10.1 Å². The normalized spacial score (nSPS) is 11.4. The van der Waals surface area contributed by atoms with Gasteiger partial charge in [-0.1, -0.05) is 23.5 Å². The Hall–Kier alpha value is -3.53. The van der Waals surface area contributed by atoms with E-state index >= 15 is 0 Å². The van der Waals surface area contributed by atoms with Crippen LogP contribution in [0.15, 0.2) is 48.5 Å². The molecule has 10 heteroatoms. The van der Waals surface area contributed by atoms with Crippen molar-refractivity contribution in [2.24, 2.45) is 0 Å². The number of anilines is 2. The zero-order valence-electron chi connectivity index (χ0n) is 15.6.